The van der Waals surface area contributed by atoms with Crippen molar-refractivity contribution in [1.82, 2.24) is 9.13 Å². The van der Waals surface area contributed by atoms with E-state index < -0.39 is 63.5 Å². The lowest BCUT2D eigenvalue weighted by Crippen LogP contribution is -2.43. The van der Waals surface area contributed by atoms with Gasteiger partial charge in [-0.2, -0.15) is 0 Å². The van der Waals surface area contributed by atoms with Gasteiger partial charge in [-0.15, -0.1) is 0 Å². The van der Waals surface area contributed by atoms with E-state index >= 15 is 0 Å². The van der Waals surface area contributed by atoms with E-state index in [4.69, 9.17) is 14.5 Å². The second-order valence-corrected chi connectivity index (χ2v) is 10.3. The predicted octanol–water partition coefficient (Wildman–Crippen LogP) is -1.62. The molecule has 0 amide bonds. The van der Waals surface area contributed by atoms with Crippen molar-refractivity contribution in [3.05, 3.63) is 33.1 Å². The Hall–Kier alpha value is -1.14. The van der Waals surface area contributed by atoms with E-state index in [0.717, 1.165) is 21.4 Å². The van der Waals surface area contributed by atoms with Crippen LogP contribution in [0.3, 0.4) is 0 Å². The summed E-state index contributed by atoms with van der Waals surface area (Å²) in [6.45, 7) is 1.12. The van der Waals surface area contributed by atoms with Crippen LogP contribution in [0.5, 0.6) is 0 Å². The Morgan fingerprint density at radius 3 is 2.39 bits per heavy atom. The Morgan fingerprint density at radius 1 is 1.18 bits per heavy atom. The highest BCUT2D eigenvalue weighted by atomic mass is 31.2. The molecule has 5 N–H and O–H groups in total. The minimum atomic E-state index is -4.83. The molecule has 5 atom stereocenters. The second kappa shape index (κ2) is 8.70. The van der Waals surface area contributed by atoms with E-state index in [0.29, 0.717) is 6.42 Å². The quantitative estimate of drug-likeness (QED) is 0.289. The van der Waals surface area contributed by atoms with Crippen LogP contribution in [0.25, 0.3) is 0 Å². The minimum Gasteiger partial charge on any atom is -0.387 e. The average Bonchev–Trinajstić information content (AvgIpc) is 2.83. The first-order chi connectivity index (χ1) is 12.9. The summed E-state index contributed by atoms with van der Waals surface area (Å²) in [4.78, 5) is 51.2. The normalized spacial score (nSPS) is 27.6. The summed E-state index contributed by atoms with van der Waals surface area (Å²) in [7, 11) is -9.52. The molecule has 160 valence electrons. The van der Waals surface area contributed by atoms with Crippen LogP contribution >= 0.6 is 15.2 Å². The van der Waals surface area contributed by atoms with Gasteiger partial charge in [-0.25, -0.2) is 4.79 Å². The third-order valence-corrected chi connectivity index (χ3v) is 7.41. The van der Waals surface area contributed by atoms with Crippen molar-refractivity contribution >= 4 is 15.2 Å². The summed E-state index contributed by atoms with van der Waals surface area (Å²) in [5.74, 6) is -1.42. The van der Waals surface area contributed by atoms with Crippen molar-refractivity contribution < 1.29 is 43.3 Å². The molecule has 1 aliphatic heterocycles. The summed E-state index contributed by atoms with van der Waals surface area (Å²) >= 11 is 0. The molecule has 1 unspecified atom stereocenters. The van der Waals surface area contributed by atoms with Gasteiger partial charge >= 0.3 is 20.9 Å². The molecule has 0 spiro atoms. The Kier molecular flexibility index (Phi) is 7.19. The van der Waals surface area contributed by atoms with E-state index in [1.165, 1.54) is 0 Å². The van der Waals surface area contributed by atoms with Gasteiger partial charge in [-0.1, -0.05) is 6.92 Å². The van der Waals surface area contributed by atoms with Crippen molar-refractivity contribution in [2.75, 3.05) is 12.5 Å². The number of aliphatic hydroxyl groups excluding tert-OH is 2. The van der Waals surface area contributed by atoms with Crippen molar-refractivity contribution in [2.24, 2.45) is 0 Å². The van der Waals surface area contributed by atoms with Crippen LogP contribution < -0.4 is 11.2 Å². The Bertz CT molecular complexity index is 906. The summed E-state index contributed by atoms with van der Waals surface area (Å²) in [5.41, 5.74) is -1.32. The van der Waals surface area contributed by atoms with Gasteiger partial charge in [0.2, 0.25) is 0 Å². The molecule has 28 heavy (non-hydrogen) atoms. The van der Waals surface area contributed by atoms with Crippen molar-refractivity contribution in [1.29, 1.82) is 0 Å². The van der Waals surface area contributed by atoms with Crippen LogP contribution in [0.4, 0.5) is 0 Å². The minimum absolute atomic E-state index is 0.131. The zero-order chi connectivity index (χ0) is 21.3. The highest BCUT2D eigenvalue weighted by Gasteiger charge is 2.45. The SMILES string of the molecule is CCCn1c(=O)ccn([C@@H]2O[C@H](COP(=O)(O)CP(=O)(O)O)[C@@H](O)[C@H]2O)c1=O. The Balaban J connectivity index is 2.18. The average molecular weight is 444 g/mol. The summed E-state index contributed by atoms with van der Waals surface area (Å²) < 4.78 is 34.3. The third kappa shape index (κ3) is 5.47. The summed E-state index contributed by atoms with van der Waals surface area (Å²) in [6.07, 6.45) is -4.43. The number of aromatic nitrogens is 2. The van der Waals surface area contributed by atoms with Gasteiger partial charge in [0, 0.05) is 18.8 Å². The van der Waals surface area contributed by atoms with E-state index in [9.17, 15) is 33.8 Å². The zero-order valence-electron chi connectivity index (χ0n) is 14.8. The van der Waals surface area contributed by atoms with Gasteiger partial charge in [0.15, 0.2) is 12.1 Å². The molecule has 13 nitrogen and oxygen atoms in total. The smallest absolute Gasteiger partial charge is 0.340 e. The van der Waals surface area contributed by atoms with Crippen LogP contribution in [-0.2, 0) is 24.9 Å². The lowest BCUT2D eigenvalue weighted by molar-refractivity contribution is -0.0530. The van der Waals surface area contributed by atoms with Crippen LogP contribution in [-0.4, -0.2) is 64.8 Å². The number of rotatable bonds is 8. The fourth-order valence-corrected chi connectivity index (χ4v) is 5.28. The Labute approximate surface area is 158 Å². The van der Waals surface area contributed by atoms with E-state index in [1.807, 2.05) is 0 Å². The first-order valence-corrected chi connectivity index (χ1v) is 11.8. The molecule has 1 fully saturated rings. The number of ether oxygens (including phenoxy) is 1. The van der Waals surface area contributed by atoms with Crippen LogP contribution in [0.1, 0.15) is 19.6 Å². The first kappa shape index (κ1) is 23.1. The second-order valence-electron chi connectivity index (χ2n) is 6.28. The molecular formula is C13H22N2O11P2. The van der Waals surface area contributed by atoms with Gasteiger partial charge in [0.05, 0.1) is 6.61 Å². The first-order valence-electron chi connectivity index (χ1n) is 8.21. The molecule has 2 rings (SSSR count). The van der Waals surface area contributed by atoms with E-state index in [-0.39, 0.29) is 6.54 Å². The predicted molar refractivity (Wildman–Crippen MR) is 93.9 cm³/mol. The molecule has 1 saturated heterocycles. The molecule has 15 heteroatoms. The van der Waals surface area contributed by atoms with E-state index in [2.05, 4.69) is 4.52 Å². The number of nitrogens with zero attached hydrogens (tertiary/aromatic N) is 2. The number of hydrogen-bond acceptors (Lipinski definition) is 8. The van der Waals surface area contributed by atoms with Gasteiger partial charge in [-0.05, 0) is 6.42 Å². The van der Waals surface area contributed by atoms with Gasteiger partial charge in [-0.3, -0.25) is 23.1 Å². The fraction of sp³-hybridized carbons (Fsp3) is 0.692. The highest BCUT2D eigenvalue weighted by Crippen LogP contribution is 2.55. The molecule has 0 aliphatic carbocycles. The van der Waals surface area contributed by atoms with Crippen LogP contribution in [0.15, 0.2) is 21.9 Å². The van der Waals surface area contributed by atoms with Crippen LogP contribution in [0, 0.1) is 0 Å². The Morgan fingerprint density at radius 2 is 1.82 bits per heavy atom. The molecular weight excluding hydrogens is 422 g/mol. The maximum absolute atomic E-state index is 12.5. The molecule has 1 aromatic heterocycles. The van der Waals surface area contributed by atoms with Gasteiger partial charge in [0.25, 0.3) is 5.56 Å². The summed E-state index contributed by atoms with van der Waals surface area (Å²) in [5, 5.41) is 20.3. The lowest BCUT2D eigenvalue weighted by atomic mass is 10.1. The molecule has 1 aliphatic rings. The zero-order valence-corrected chi connectivity index (χ0v) is 16.6. The third-order valence-electron chi connectivity index (χ3n) is 3.96. The largest absolute Gasteiger partial charge is 0.387 e. The molecule has 0 saturated carbocycles. The van der Waals surface area contributed by atoms with Crippen molar-refractivity contribution in [3.63, 3.8) is 0 Å². The molecule has 0 radical (unpaired) electrons. The number of hydrogen-bond donors (Lipinski definition) is 5. The van der Waals surface area contributed by atoms with Crippen molar-refractivity contribution in [2.45, 2.75) is 44.4 Å². The fourth-order valence-electron chi connectivity index (χ4n) is 2.71. The lowest BCUT2D eigenvalue weighted by Gasteiger charge is -2.19. The monoisotopic (exact) mass is 444 g/mol. The summed E-state index contributed by atoms with van der Waals surface area (Å²) in [6, 6.07) is 1.09. The standard InChI is InChI=1S/C13H22N2O11P2/c1-2-4-14-9(16)3-5-15(13(14)19)12-11(18)10(17)8(26-12)6-25-28(23,24)7-27(20,21)22/h3,5,8,10-12,17-18H,2,4,6-7H2,1H3,(H,23,24)(H2,20,21,22)/t8-,10-,11-,12-/m1/s1. The van der Waals surface area contributed by atoms with Crippen LogP contribution in [0.2, 0.25) is 0 Å². The number of aliphatic hydroxyl groups is 2. The maximum atomic E-state index is 12.5. The highest BCUT2D eigenvalue weighted by molar-refractivity contribution is 7.70. The van der Waals surface area contributed by atoms with Gasteiger partial charge < -0.3 is 34.2 Å². The van der Waals surface area contributed by atoms with E-state index in [1.54, 1.807) is 6.92 Å². The molecule has 2 heterocycles. The molecule has 0 bridgehead atoms. The molecule has 1 aromatic rings. The van der Waals surface area contributed by atoms with Crippen molar-refractivity contribution in [3.8, 4) is 0 Å². The maximum Gasteiger partial charge on any atom is 0.340 e. The topological polar surface area (TPSA) is 198 Å². The molecule has 0 aromatic carbocycles. The van der Waals surface area contributed by atoms with Gasteiger partial charge in [0.1, 0.15) is 18.3 Å².